The number of carboxylic acids is 1. The first-order chi connectivity index (χ1) is 8.38. The van der Waals surface area contributed by atoms with Gasteiger partial charge in [-0.2, -0.15) is 0 Å². The molecular weight excluding hydrogens is 232 g/mol. The van der Waals surface area contributed by atoms with Crippen molar-refractivity contribution in [3.63, 3.8) is 0 Å². The van der Waals surface area contributed by atoms with Crippen LogP contribution in [-0.2, 0) is 4.79 Å². The molecule has 4 heteroatoms. The molecule has 0 aliphatic heterocycles. The molecule has 2 N–H and O–H groups in total. The van der Waals surface area contributed by atoms with E-state index in [-0.39, 0.29) is 5.92 Å². The van der Waals surface area contributed by atoms with Gasteiger partial charge in [-0.1, -0.05) is 19.9 Å². The van der Waals surface area contributed by atoms with Crippen LogP contribution in [-0.4, -0.2) is 23.3 Å². The molecule has 0 radical (unpaired) electrons. The van der Waals surface area contributed by atoms with Crippen molar-refractivity contribution in [3.8, 4) is 5.75 Å². The van der Waals surface area contributed by atoms with E-state index in [1.807, 2.05) is 6.92 Å². The molecule has 1 rings (SSSR count). The fourth-order valence-electron chi connectivity index (χ4n) is 2.08. The predicted octanol–water partition coefficient (Wildman–Crippen LogP) is 2.39. The topological polar surface area (TPSA) is 66.8 Å². The third-order valence-corrected chi connectivity index (χ3v) is 3.10. The fourth-order valence-corrected chi connectivity index (χ4v) is 2.08. The normalized spacial score (nSPS) is 14.3. The van der Waals surface area contributed by atoms with Crippen LogP contribution in [0.1, 0.15) is 31.1 Å². The second-order valence-electron chi connectivity index (χ2n) is 4.78. The molecule has 0 aliphatic rings. The van der Waals surface area contributed by atoms with E-state index in [1.165, 1.54) is 0 Å². The summed E-state index contributed by atoms with van der Waals surface area (Å²) in [4.78, 5) is 11.2. The van der Waals surface area contributed by atoms with Crippen LogP contribution in [0.2, 0.25) is 0 Å². The second kappa shape index (κ2) is 5.87. The SMILES string of the molecule is COc1ccc(C(O)C(C(=O)O)C(C)C)cc1C. The van der Waals surface area contributed by atoms with Gasteiger partial charge in [0.05, 0.1) is 19.1 Å². The van der Waals surface area contributed by atoms with Crippen molar-refractivity contribution in [3.05, 3.63) is 29.3 Å². The molecule has 2 atom stereocenters. The van der Waals surface area contributed by atoms with Gasteiger partial charge in [-0.3, -0.25) is 4.79 Å². The smallest absolute Gasteiger partial charge is 0.309 e. The molecule has 0 fully saturated rings. The van der Waals surface area contributed by atoms with E-state index in [0.717, 1.165) is 11.3 Å². The zero-order chi connectivity index (χ0) is 13.9. The molecule has 0 amide bonds. The molecule has 0 heterocycles. The number of aliphatic hydroxyl groups excluding tert-OH is 1. The van der Waals surface area contributed by atoms with Crippen LogP contribution in [0.5, 0.6) is 5.75 Å². The van der Waals surface area contributed by atoms with Crippen molar-refractivity contribution in [1.82, 2.24) is 0 Å². The Morgan fingerprint density at radius 3 is 2.33 bits per heavy atom. The molecule has 0 spiro atoms. The Morgan fingerprint density at radius 2 is 1.94 bits per heavy atom. The zero-order valence-corrected chi connectivity index (χ0v) is 11.2. The Balaban J connectivity index is 3.05. The van der Waals surface area contributed by atoms with Crippen molar-refractivity contribution in [2.45, 2.75) is 26.9 Å². The molecule has 2 unspecified atom stereocenters. The molecule has 100 valence electrons. The fraction of sp³-hybridized carbons (Fsp3) is 0.500. The first-order valence-electron chi connectivity index (χ1n) is 5.94. The van der Waals surface area contributed by atoms with Crippen LogP contribution in [0.3, 0.4) is 0 Å². The van der Waals surface area contributed by atoms with Crippen molar-refractivity contribution < 1.29 is 19.7 Å². The van der Waals surface area contributed by atoms with E-state index >= 15 is 0 Å². The zero-order valence-electron chi connectivity index (χ0n) is 11.2. The Morgan fingerprint density at radius 1 is 1.33 bits per heavy atom. The third-order valence-electron chi connectivity index (χ3n) is 3.10. The van der Waals surface area contributed by atoms with Crippen LogP contribution in [0.25, 0.3) is 0 Å². The number of aliphatic hydroxyl groups is 1. The summed E-state index contributed by atoms with van der Waals surface area (Å²) in [5.41, 5.74) is 1.48. The number of methoxy groups -OCH3 is 1. The quantitative estimate of drug-likeness (QED) is 0.844. The number of hydrogen-bond donors (Lipinski definition) is 2. The summed E-state index contributed by atoms with van der Waals surface area (Å²) in [6.45, 7) is 5.44. The summed E-state index contributed by atoms with van der Waals surface area (Å²) in [6.07, 6.45) is -1.01. The standard InChI is InChI=1S/C14H20O4/c1-8(2)12(14(16)17)13(15)10-5-6-11(18-4)9(3)7-10/h5-8,12-13,15H,1-4H3,(H,16,17). The van der Waals surface area contributed by atoms with Gasteiger partial charge >= 0.3 is 5.97 Å². The Hall–Kier alpha value is -1.55. The van der Waals surface area contributed by atoms with Gasteiger partial charge in [0.25, 0.3) is 0 Å². The summed E-state index contributed by atoms with van der Waals surface area (Å²) in [7, 11) is 1.58. The molecule has 18 heavy (non-hydrogen) atoms. The maximum Gasteiger partial charge on any atom is 0.309 e. The van der Waals surface area contributed by atoms with Gasteiger partial charge in [-0.25, -0.2) is 0 Å². The van der Waals surface area contributed by atoms with Crippen LogP contribution >= 0.6 is 0 Å². The van der Waals surface area contributed by atoms with E-state index in [2.05, 4.69) is 0 Å². The first-order valence-corrected chi connectivity index (χ1v) is 5.94. The molecule has 0 saturated heterocycles. The van der Waals surface area contributed by atoms with E-state index < -0.39 is 18.0 Å². The largest absolute Gasteiger partial charge is 0.496 e. The number of rotatable bonds is 5. The molecule has 0 bridgehead atoms. The first kappa shape index (κ1) is 14.5. The highest BCUT2D eigenvalue weighted by Crippen LogP contribution is 2.30. The Bertz CT molecular complexity index is 426. The van der Waals surface area contributed by atoms with Gasteiger partial charge in [0.1, 0.15) is 5.75 Å². The number of carbonyl (C=O) groups is 1. The van der Waals surface area contributed by atoms with Gasteiger partial charge in [0.15, 0.2) is 0 Å². The summed E-state index contributed by atoms with van der Waals surface area (Å²) >= 11 is 0. The summed E-state index contributed by atoms with van der Waals surface area (Å²) in [5.74, 6) is -1.20. The highest BCUT2D eigenvalue weighted by Gasteiger charge is 2.30. The van der Waals surface area contributed by atoms with Gasteiger partial charge in [0, 0.05) is 0 Å². The van der Waals surface area contributed by atoms with Crippen molar-refractivity contribution in [2.24, 2.45) is 11.8 Å². The maximum atomic E-state index is 11.2. The van der Waals surface area contributed by atoms with Crippen molar-refractivity contribution in [1.29, 1.82) is 0 Å². The Kier molecular flexibility index (Phi) is 4.73. The monoisotopic (exact) mass is 252 g/mol. The van der Waals surface area contributed by atoms with Crippen molar-refractivity contribution >= 4 is 5.97 Å². The van der Waals surface area contributed by atoms with Crippen LogP contribution in [0, 0.1) is 18.8 Å². The van der Waals surface area contributed by atoms with E-state index in [0.29, 0.717) is 5.56 Å². The average Bonchev–Trinajstić information content (AvgIpc) is 2.27. The van der Waals surface area contributed by atoms with E-state index in [4.69, 9.17) is 9.84 Å². The molecular formula is C14H20O4. The number of aryl methyl sites for hydroxylation is 1. The molecule has 1 aromatic rings. The lowest BCUT2D eigenvalue weighted by Gasteiger charge is -2.23. The lowest BCUT2D eigenvalue weighted by Crippen LogP contribution is -2.27. The number of aliphatic carboxylic acids is 1. The minimum Gasteiger partial charge on any atom is -0.496 e. The van der Waals surface area contributed by atoms with E-state index in [1.54, 1.807) is 39.2 Å². The molecule has 4 nitrogen and oxygen atoms in total. The van der Waals surface area contributed by atoms with Crippen molar-refractivity contribution in [2.75, 3.05) is 7.11 Å². The second-order valence-corrected chi connectivity index (χ2v) is 4.78. The van der Waals surface area contributed by atoms with E-state index in [9.17, 15) is 9.90 Å². The van der Waals surface area contributed by atoms with Gasteiger partial charge in [-0.15, -0.1) is 0 Å². The maximum absolute atomic E-state index is 11.2. The van der Waals surface area contributed by atoms with Crippen LogP contribution < -0.4 is 4.74 Å². The summed E-state index contributed by atoms with van der Waals surface area (Å²) < 4.78 is 5.14. The summed E-state index contributed by atoms with van der Waals surface area (Å²) in [6, 6.07) is 5.21. The third kappa shape index (κ3) is 3.01. The number of carboxylic acid groups (broad SMARTS) is 1. The lowest BCUT2D eigenvalue weighted by atomic mass is 9.86. The Labute approximate surface area is 107 Å². The van der Waals surface area contributed by atoms with Gasteiger partial charge in [-0.05, 0) is 36.1 Å². The minimum atomic E-state index is -1.01. The van der Waals surface area contributed by atoms with Crippen LogP contribution in [0.15, 0.2) is 18.2 Å². The van der Waals surface area contributed by atoms with Gasteiger partial charge < -0.3 is 14.9 Å². The minimum absolute atomic E-state index is 0.139. The highest BCUT2D eigenvalue weighted by atomic mass is 16.5. The average molecular weight is 252 g/mol. The molecule has 0 aromatic heterocycles. The molecule has 0 aliphatic carbocycles. The number of ether oxygens (including phenoxy) is 1. The van der Waals surface area contributed by atoms with Crippen LogP contribution in [0.4, 0.5) is 0 Å². The number of benzene rings is 1. The van der Waals surface area contributed by atoms with Gasteiger partial charge in [0.2, 0.25) is 0 Å². The summed E-state index contributed by atoms with van der Waals surface area (Å²) in [5, 5.41) is 19.3. The number of hydrogen-bond acceptors (Lipinski definition) is 3. The highest BCUT2D eigenvalue weighted by molar-refractivity contribution is 5.71. The predicted molar refractivity (Wildman–Crippen MR) is 68.7 cm³/mol. The lowest BCUT2D eigenvalue weighted by molar-refractivity contribution is -0.148. The molecule has 0 saturated carbocycles. The molecule has 1 aromatic carbocycles.